The highest BCUT2D eigenvalue weighted by Crippen LogP contribution is 2.10. The van der Waals surface area contributed by atoms with Crippen molar-refractivity contribution < 1.29 is 29.9 Å². The van der Waals surface area contributed by atoms with Crippen LogP contribution in [0.1, 0.15) is 71.1 Å². The van der Waals surface area contributed by atoms with Crippen molar-refractivity contribution in [2.45, 2.75) is 83.3 Å². The molecule has 0 saturated carbocycles. The van der Waals surface area contributed by atoms with E-state index in [1.54, 1.807) is 18.2 Å². The fraction of sp³-hybridized carbons (Fsp3) is 0.650. The van der Waals surface area contributed by atoms with E-state index in [1.807, 2.05) is 18.2 Å². The SMILES string of the molecule is CCCCC[C@H](O)/C=C/C=C\C=C\[C@H](CCCCCCC(=O)O)OO.F. The molecule has 152 valence electrons. The molecule has 0 saturated heterocycles. The molecule has 0 unspecified atom stereocenters. The predicted octanol–water partition coefficient (Wildman–Crippen LogP) is 5.03. The third-order valence-corrected chi connectivity index (χ3v) is 3.86. The van der Waals surface area contributed by atoms with Gasteiger partial charge in [-0.2, -0.15) is 0 Å². The summed E-state index contributed by atoms with van der Waals surface area (Å²) in [6.45, 7) is 2.14. The first-order chi connectivity index (χ1) is 12.1. The van der Waals surface area contributed by atoms with Crippen LogP contribution in [0.2, 0.25) is 0 Å². The molecule has 0 radical (unpaired) electrons. The summed E-state index contributed by atoms with van der Waals surface area (Å²) in [6.07, 6.45) is 18.5. The molecule has 0 aromatic rings. The Kier molecular flexibility index (Phi) is 20.4. The summed E-state index contributed by atoms with van der Waals surface area (Å²) in [7, 11) is 0. The van der Waals surface area contributed by atoms with E-state index in [4.69, 9.17) is 10.4 Å². The van der Waals surface area contributed by atoms with Gasteiger partial charge >= 0.3 is 5.97 Å². The number of carbonyl (C=O) groups is 1. The van der Waals surface area contributed by atoms with E-state index in [0.29, 0.717) is 12.8 Å². The summed E-state index contributed by atoms with van der Waals surface area (Å²) >= 11 is 0. The first-order valence-corrected chi connectivity index (χ1v) is 9.31. The Morgan fingerprint density at radius 1 is 0.923 bits per heavy atom. The molecule has 0 aromatic carbocycles. The maximum absolute atomic E-state index is 10.4. The second-order valence-electron chi connectivity index (χ2n) is 6.21. The number of aliphatic hydroxyl groups is 1. The monoisotopic (exact) mass is 374 g/mol. The van der Waals surface area contributed by atoms with Crippen LogP contribution in [0.25, 0.3) is 0 Å². The zero-order valence-corrected chi connectivity index (χ0v) is 15.8. The third-order valence-electron chi connectivity index (χ3n) is 3.86. The van der Waals surface area contributed by atoms with Crippen molar-refractivity contribution in [1.29, 1.82) is 0 Å². The number of aliphatic carboxylic acids is 1. The summed E-state index contributed by atoms with van der Waals surface area (Å²) in [5, 5.41) is 27.1. The molecular formula is C20H35FO5. The van der Waals surface area contributed by atoms with Crippen LogP contribution < -0.4 is 0 Å². The van der Waals surface area contributed by atoms with Gasteiger partial charge in [0.05, 0.1) is 6.10 Å². The Morgan fingerprint density at radius 3 is 2.15 bits per heavy atom. The molecule has 0 aliphatic rings. The highest BCUT2D eigenvalue weighted by molar-refractivity contribution is 5.66. The van der Waals surface area contributed by atoms with Crippen molar-refractivity contribution >= 4 is 5.97 Å². The van der Waals surface area contributed by atoms with E-state index in [9.17, 15) is 9.90 Å². The Morgan fingerprint density at radius 2 is 1.54 bits per heavy atom. The second kappa shape index (κ2) is 19.8. The lowest BCUT2D eigenvalue weighted by Gasteiger charge is -2.07. The molecule has 0 heterocycles. The smallest absolute Gasteiger partial charge is 0.303 e. The molecule has 0 aliphatic heterocycles. The lowest BCUT2D eigenvalue weighted by molar-refractivity contribution is -0.267. The second-order valence-corrected chi connectivity index (χ2v) is 6.21. The molecule has 3 N–H and O–H groups in total. The van der Waals surface area contributed by atoms with Gasteiger partial charge in [0.1, 0.15) is 6.10 Å². The van der Waals surface area contributed by atoms with E-state index in [0.717, 1.165) is 44.9 Å². The Balaban J connectivity index is 0. The molecule has 2 atom stereocenters. The molecule has 0 bridgehead atoms. The van der Waals surface area contributed by atoms with Gasteiger partial charge in [-0.15, -0.1) is 0 Å². The molecule has 0 aliphatic carbocycles. The van der Waals surface area contributed by atoms with Crippen molar-refractivity contribution in [3.63, 3.8) is 0 Å². The maximum atomic E-state index is 10.4. The van der Waals surface area contributed by atoms with Gasteiger partial charge in [0.2, 0.25) is 0 Å². The number of halogens is 1. The van der Waals surface area contributed by atoms with E-state index < -0.39 is 12.1 Å². The third kappa shape index (κ3) is 18.8. The minimum atomic E-state index is -0.756. The first-order valence-electron chi connectivity index (χ1n) is 9.31. The van der Waals surface area contributed by atoms with Gasteiger partial charge in [0, 0.05) is 6.42 Å². The van der Waals surface area contributed by atoms with Gasteiger partial charge < -0.3 is 10.2 Å². The lowest BCUT2D eigenvalue weighted by Crippen LogP contribution is -2.06. The Labute approximate surface area is 156 Å². The molecule has 0 spiro atoms. The van der Waals surface area contributed by atoms with Crippen LogP contribution in [0.15, 0.2) is 36.5 Å². The number of carboxylic acid groups (broad SMARTS) is 1. The number of hydrogen-bond donors (Lipinski definition) is 3. The normalized spacial score (nSPS) is 14.1. The van der Waals surface area contributed by atoms with Crippen molar-refractivity contribution in [2.75, 3.05) is 0 Å². The predicted molar refractivity (Wildman–Crippen MR) is 103 cm³/mol. The van der Waals surface area contributed by atoms with Gasteiger partial charge in [-0.1, -0.05) is 81.9 Å². The van der Waals surface area contributed by atoms with Gasteiger partial charge in [0.15, 0.2) is 0 Å². The quantitative estimate of drug-likeness (QED) is 0.153. The van der Waals surface area contributed by atoms with Crippen LogP contribution >= 0.6 is 0 Å². The zero-order valence-electron chi connectivity index (χ0n) is 15.8. The van der Waals surface area contributed by atoms with Gasteiger partial charge in [-0.25, -0.2) is 4.89 Å². The van der Waals surface area contributed by atoms with Gasteiger partial charge in [0.25, 0.3) is 0 Å². The fourth-order valence-electron chi connectivity index (χ4n) is 2.37. The number of rotatable bonds is 16. The largest absolute Gasteiger partial charge is 0.481 e. The average Bonchev–Trinajstić information content (AvgIpc) is 2.58. The number of aliphatic hydroxyl groups excluding tert-OH is 1. The number of allylic oxidation sites excluding steroid dienone is 4. The van der Waals surface area contributed by atoms with Crippen LogP contribution in [0, 0.1) is 0 Å². The van der Waals surface area contributed by atoms with Crippen molar-refractivity contribution in [2.24, 2.45) is 0 Å². The summed E-state index contributed by atoms with van der Waals surface area (Å²) in [5.41, 5.74) is 0. The number of unbranched alkanes of at least 4 members (excludes halogenated alkanes) is 5. The topological polar surface area (TPSA) is 87.0 Å². The molecule has 5 nitrogen and oxygen atoms in total. The molecule has 0 fully saturated rings. The van der Waals surface area contributed by atoms with E-state index in [-0.39, 0.29) is 17.2 Å². The molecule has 26 heavy (non-hydrogen) atoms. The molecule has 0 rings (SSSR count). The van der Waals surface area contributed by atoms with E-state index in [2.05, 4.69) is 11.8 Å². The van der Waals surface area contributed by atoms with Gasteiger partial charge in [-0.05, 0) is 19.3 Å². The van der Waals surface area contributed by atoms with Gasteiger partial charge in [-0.3, -0.25) is 14.8 Å². The standard InChI is InChI=1S/C20H34O5.FH/c1-2-3-8-13-18(21)14-9-4-5-10-15-19(25-24)16-11-6-7-12-17-20(22)23;/h4-5,9-10,14-15,18-19,21,24H,2-3,6-8,11-13,16-17H2,1H3,(H,22,23);1H/b5-4-,14-9+,15-10+;/t18-,19+;/m0./s1. The summed E-state index contributed by atoms with van der Waals surface area (Å²) in [6, 6.07) is 0. The van der Waals surface area contributed by atoms with Crippen LogP contribution in [0.5, 0.6) is 0 Å². The summed E-state index contributed by atoms with van der Waals surface area (Å²) < 4.78 is 0. The lowest BCUT2D eigenvalue weighted by atomic mass is 10.1. The minimum Gasteiger partial charge on any atom is -0.481 e. The van der Waals surface area contributed by atoms with Crippen molar-refractivity contribution in [3.8, 4) is 0 Å². The maximum Gasteiger partial charge on any atom is 0.303 e. The van der Waals surface area contributed by atoms with Crippen molar-refractivity contribution in [3.05, 3.63) is 36.5 Å². The van der Waals surface area contributed by atoms with E-state index >= 15 is 0 Å². The number of hydrogen-bond acceptors (Lipinski definition) is 4. The fourth-order valence-corrected chi connectivity index (χ4v) is 2.37. The Bertz CT molecular complexity index is 407. The highest BCUT2D eigenvalue weighted by atomic mass is 19.0. The highest BCUT2D eigenvalue weighted by Gasteiger charge is 2.04. The van der Waals surface area contributed by atoms with Crippen LogP contribution in [-0.2, 0) is 9.68 Å². The van der Waals surface area contributed by atoms with Crippen LogP contribution in [0.3, 0.4) is 0 Å². The van der Waals surface area contributed by atoms with Crippen LogP contribution in [0.4, 0.5) is 4.70 Å². The van der Waals surface area contributed by atoms with E-state index in [1.165, 1.54) is 0 Å². The van der Waals surface area contributed by atoms with Crippen molar-refractivity contribution in [1.82, 2.24) is 0 Å². The number of carboxylic acids is 1. The molecule has 0 aromatic heterocycles. The zero-order chi connectivity index (χ0) is 18.8. The van der Waals surface area contributed by atoms with Crippen LogP contribution in [-0.4, -0.2) is 33.6 Å². The molecule has 0 amide bonds. The molecule has 6 heteroatoms. The molecular weight excluding hydrogens is 339 g/mol. The first kappa shape index (κ1) is 26.7. The summed E-state index contributed by atoms with van der Waals surface area (Å²) in [5.74, 6) is -0.756. The minimum absolute atomic E-state index is 0. The average molecular weight is 374 g/mol. The Hall–Kier alpha value is -1.50. The summed E-state index contributed by atoms with van der Waals surface area (Å²) in [4.78, 5) is 14.8.